The fraction of sp³-hybridized carbons (Fsp3) is 0.818. The SMILES string of the molecule is C=C1C(=O)[C@]23[C@H](O)[C@H]1CC[C@H]2[C@@]12C(O)O[C@@]3(O)[C@@H](O)[C@@H]1C(C)(C)CC[C@@H]2OC(C)=O. The van der Waals surface area contributed by atoms with Crippen molar-refractivity contribution >= 4 is 11.8 Å². The summed E-state index contributed by atoms with van der Waals surface area (Å²) < 4.78 is 11.4. The van der Waals surface area contributed by atoms with E-state index in [2.05, 4.69) is 6.58 Å². The Labute approximate surface area is 174 Å². The summed E-state index contributed by atoms with van der Waals surface area (Å²) in [4.78, 5) is 25.5. The number of rotatable bonds is 1. The topological polar surface area (TPSA) is 134 Å². The molecule has 2 heterocycles. The Morgan fingerprint density at radius 3 is 2.47 bits per heavy atom. The zero-order chi connectivity index (χ0) is 22.0. The first-order valence-electron chi connectivity index (χ1n) is 10.7. The lowest BCUT2D eigenvalue weighted by atomic mass is 9.35. The smallest absolute Gasteiger partial charge is 0.302 e. The van der Waals surface area contributed by atoms with E-state index >= 15 is 0 Å². The fourth-order valence-electron chi connectivity index (χ4n) is 8.30. The number of hydrogen-bond acceptors (Lipinski definition) is 8. The van der Waals surface area contributed by atoms with Crippen LogP contribution in [-0.2, 0) is 19.1 Å². The number of ketones is 1. The molecule has 2 aliphatic heterocycles. The van der Waals surface area contributed by atoms with Gasteiger partial charge in [-0.1, -0.05) is 20.4 Å². The van der Waals surface area contributed by atoms with E-state index in [1.54, 1.807) is 0 Å². The average molecular weight is 422 g/mol. The van der Waals surface area contributed by atoms with Crippen LogP contribution in [0.25, 0.3) is 0 Å². The van der Waals surface area contributed by atoms with E-state index < -0.39 is 76.1 Å². The van der Waals surface area contributed by atoms with Gasteiger partial charge >= 0.3 is 5.97 Å². The molecule has 2 saturated heterocycles. The lowest BCUT2D eigenvalue weighted by Gasteiger charge is -2.75. The van der Waals surface area contributed by atoms with Gasteiger partial charge in [0.2, 0.25) is 5.79 Å². The van der Waals surface area contributed by atoms with Crippen LogP contribution in [0.4, 0.5) is 0 Å². The monoisotopic (exact) mass is 422 g/mol. The summed E-state index contributed by atoms with van der Waals surface area (Å²) in [6, 6.07) is 0. The number of carbonyl (C=O) groups is 2. The lowest BCUT2D eigenvalue weighted by molar-refractivity contribution is -0.507. The van der Waals surface area contributed by atoms with Gasteiger partial charge in [0.05, 0.1) is 11.5 Å². The molecule has 0 amide bonds. The summed E-state index contributed by atoms with van der Waals surface area (Å²) in [5.41, 5.74) is -3.53. The van der Waals surface area contributed by atoms with Gasteiger partial charge in [0.25, 0.3) is 0 Å². The van der Waals surface area contributed by atoms with Crippen molar-refractivity contribution in [3.63, 3.8) is 0 Å². The second-order valence-corrected chi connectivity index (χ2v) is 10.6. The highest BCUT2D eigenvalue weighted by atomic mass is 16.7. The Hall–Kier alpha value is -1.32. The number of ether oxygens (including phenoxy) is 2. The molecular weight excluding hydrogens is 392 g/mol. The lowest BCUT2D eigenvalue weighted by Crippen LogP contribution is -2.87. The number of Topliss-reactive ketones (excluding diaryl/α,β-unsaturated/α-hetero) is 1. The molecule has 166 valence electrons. The second kappa shape index (κ2) is 5.72. The predicted octanol–water partition coefficient (Wildman–Crippen LogP) is 0.265. The zero-order valence-corrected chi connectivity index (χ0v) is 17.5. The van der Waals surface area contributed by atoms with Crippen molar-refractivity contribution in [2.24, 2.45) is 34.0 Å². The predicted molar refractivity (Wildman–Crippen MR) is 101 cm³/mol. The van der Waals surface area contributed by atoms with Crippen LogP contribution in [0.2, 0.25) is 0 Å². The Kier molecular flexibility index (Phi) is 3.92. The van der Waals surface area contributed by atoms with Gasteiger partial charge in [-0.05, 0) is 42.6 Å². The number of aliphatic hydroxyl groups excluding tert-OH is 3. The standard InChI is InChI=1S/C22H30O8/c1-9-11-5-6-12-20-13(29-10(2)23)7-8-19(3,4)14(20)17(26)22(28,30-18(20)27)21(12,15(9)24)16(11)25/h11-14,16-18,25-28H,1,5-8H2,2-4H3/t11-,12-,13-,14+,16+,17-,18?,20-,21-,22-/m0/s1. The largest absolute Gasteiger partial charge is 0.462 e. The van der Waals surface area contributed by atoms with Crippen molar-refractivity contribution in [3.05, 3.63) is 12.2 Å². The third-order valence-corrected chi connectivity index (χ3v) is 9.21. The minimum Gasteiger partial charge on any atom is -0.462 e. The maximum Gasteiger partial charge on any atom is 0.302 e. The van der Waals surface area contributed by atoms with Gasteiger partial charge in [0.1, 0.15) is 17.6 Å². The third kappa shape index (κ3) is 1.84. The first-order valence-corrected chi connectivity index (χ1v) is 10.7. The van der Waals surface area contributed by atoms with E-state index in [0.29, 0.717) is 25.7 Å². The van der Waals surface area contributed by atoms with Crippen LogP contribution in [0, 0.1) is 34.0 Å². The van der Waals surface area contributed by atoms with Gasteiger partial charge in [-0.2, -0.15) is 0 Å². The highest BCUT2D eigenvalue weighted by Gasteiger charge is 2.89. The fourth-order valence-corrected chi connectivity index (χ4v) is 8.30. The maximum atomic E-state index is 13.6. The molecule has 0 aromatic heterocycles. The molecule has 1 unspecified atom stereocenters. The molecule has 4 bridgehead atoms. The van der Waals surface area contributed by atoms with Gasteiger partial charge in [0.15, 0.2) is 12.1 Å². The number of hydrogen-bond donors (Lipinski definition) is 4. The van der Waals surface area contributed by atoms with Gasteiger partial charge < -0.3 is 29.9 Å². The minimum absolute atomic E-state index is 0.211. The van der Waals surface area contributed by atoms with Crippen LogP contribution < -0.4 is 0 Å². The maximum absolute atomic E-state index is 13.6. The molecule has 6 aliphatic rings. The van der Waals surface area contributed by atoms with Gasteiger partial charge in [-0.25, -0.2) is 0 Å². The van der Waals surface area contributed by atoms with E-state index in [-0.39, 0.29) is 5.57 Å². The Balaban J connectivity index is 1.82. The Bertz CT molecular complexity index is 852. The molecule has 8 nitrogen and oxygen atoms in total. The third-order valence-electron chi connectivity index (χ3n) is 9.21. The second-order valence-electron chi connectivity index (χ2n) is 10.6. The molecule has 0 aromatic rings. The molecule has 4 saturated carbocycles. The number of esters is 1. The summed E-state index contributed by atoms with van der Waals surface area (Å²) in [5.74, 6) is -5.52. The van der Waals surface area contributed by atoms with Crippen molar-refractivity contribution in [1.29, 1.82) is 0 Å². The molecule has 8 heteroatoms. The van der Waals surface area contributed by atoms with E-state index in [0.717, 1.165) is 0 Å². The number of fused-ring (bicyclic) bond motifs is 2. The van der Waals surface area contributed by atoms with Gasteiger partial charge in [-0.3, -0.25) is 9.59 Å². The molecular formula is C22H30O8. The molecule has 0 aromatic carbocycles. The molecule has 6 fully saturated rings. The van der Waals surface area contributed by atoms with Crippen molar-refractivity contribution < 1.29 is 39.5 Å². The van der Waals surface area contributed by atoms with Crippen molar-refractivity contribution in [3.8, 4) is 0 Å². The van der Waals surface area contributed by atoms with Crippen LogP contribution in [0.1, 0.15) is 46.5 Å². The van der Waals surface area contributed by atoms with Gasteiger partial charge in [0, 0.05) is 18.8 Å². The van der Waals surface area contributed by atoms with E-state index in [1.807, 2.05) is 13.8 Å². The average Bonchev–Trinajstić information content (AvgIpc) is 2.74. The van der Waals surface area contributed by atoms with Crippen LogP contribution in [0.15, 0.2) is 12.2 Å². The molecule has 4 aliphatic carbocycles. The van der Waals surface area contributed by atoms with Crippen molar-refractivity contribution in [2.75, 3.05) is 0 Å². The van der Waals surface area contributed by atoms with Crippen molar-refractivity contribution in [1.82, 2.24) is 0 Å². The number of aliphatic hydroxyl groups is 4. The zero-order valence-electron chi connectivity index (χ0n) is 17.5. The molecule has 0 radical (unpaired) electrons. The van der Waals surface area contributed by atoms with E-state index in [1.165, 1.54) is 6.92 Å². The molecule has 4 N–H and O–H groups in total. The highest BCUT2D eigenvalue weighted by Crippen LogP contribution is 2.77. The summed E-state index contributed by atoms with van der Waals surface area (Å²) in [6.07, 6.45) is -3.39. The normalized spacial score (nSPS) is 55.8. The van der Waals surface area contributed by atoms with Crippen LogP contribution in [0.3, 0.4) is 0 Å². The molecule has 30 heavy (non-hydrogen) atoms. The summed E-state index contributed by atoms with van der Waals surface area (Å²) in [5, 5.41) is 45.8. The van der Waals surface area contributed by atoms with Crippen LogP contribution in [0.5, 0.6) is 0 Å². The quantitative estimate of drug-likeness (QED) is 0.349. The first kappa shape index (κ1) is 20.6. The van der Waals surface area contributed by atoms with E-state index in [9.17, 15) is 30.0 Å². The summed E-state index contributed by atoms with van der Waals surface area (Å²) in [7, 11) is 0. The Morgan fingerprint density at radius 2 is 1.83 bits per heavy atom. The summed E-state index contributed by atoms with van der Waals surface area (Å²) >= 11 is 0. The molecule has 6 rings (SSSR count). The molecule has 2 spiro atoms. The Morgan fingerprint density at radius 1 is 1.17 bits per heavy atom. The van der Waals surface area contributed by atoms with E-state index in [4.69, 9.17) is 9.47 Å². The number of carbonyl (C=O) groups excluding carboxylic acids is 2. The van der Waals surface area contributed by atoms with Crippen molar-refractivity contribution in [2.45, 2.75) is 76.8 Å². The summed E-state index contributed by atoms with van der Waals surface area (Å²) in [6.45, 7) is 9.02. The first-order chi connectivity index (χ1) is 13.9. The van der Waals surface area contributed by atoms with Crippen LogP contribution in [-0.4, -0.2) is 62.6 Å². The minimum atomic E-state index is -2.46. The van der Waals surface area contributed by atoms with Gasteiger partial charge in [-0.15, -0.1) is 0 Å². The molecule has 10 atom stereocenters. The highest BCUT2D eigenvalue weighted by molar-refractivity contribution is 6.05. The van der Waals surface area contributed by atoms with Crippen LogP contribution >= 0.6 is 0 Å².